The number of furan rings is 1. The van der Waals surface area contributed by atoms with Crippen LogP contribution < -0.4 is 0 Å². The molecule has 1 N–H and O–H groups in total. The van der Waals surface area contributed by atoms with Crippen molar-refractivity contribution >= 4 is 33.7 Å². The number of hydrogen-bond donors (Lipinski definition) is 1. The molecule has 1 aromatic rings. The first-order valence-corrected chi connectivity index (χ1v) is 6.87. The first kappa shape index (κ1) is 17.2. The number of carbonyl (C=O) groups is 3. The minimum absolute atomic E-state index is 0.0947. The maximum Gasteiger partial charge on any atom is 0.329 e. The number of carboxylic acids is 1. The molecule has 0 saturated heterocycles. The molecule has 0 radical (unpaired) electrons. The minimum Gasteiger partial charge on any atom is -0.480 e. The summed E-state index contributed by atoms with van der Waals surface area (Å²) in [5.74, 6) is -1.97. The molecule has 7 nitrogen and oxygen atoms in total. The summed E-state index contributed by atoms with van der Waals surface area (Å²) in [4.78, 5) is 37.5. The summed E-state index contributed by atoms with van der Waals surface area (Å²) in [5.41, 5.74) is -1.35. The van der Waals surface area contributed by atoms with Gasteiger partial charge in [-0.2, -0.15) is 0 Å². The maximum absolute atomic E-state index is 12.1. The Labute approximate surface area is 130 Å². The van der Waals surface area contributed by atoms with Gasteiger partial charge in [-0.3, -0.25) is 9.59 Å². The number of carboxylic acid groups (broad SMARTS) is 1. The number of likely N-dealkylation sites (N-methyl/N-ethyl adjacent to an activating group) is 2. The molecule has 1 rings (SSSR count). The van der Waals surface area contributed by atoms with Crippen molar-refractivity contribution in [3.63, 3.8) is 0 Å². The predicted molar refractivity (Wildman–Crippen MR) is 77.9 cm³/mol. The zero-order valence-corrected chi connectivity index (χ0v) is 13.8. The Balaban J connectivity index is 2.74. The van der Waals surface area contributed by atoms with Crippen molar-refractivity contribution in [3.8, 4) is 0 Å². The molecule has 8 heteroatoms. The van der Waals surface area contributed by atoms with Crippen LogP contribution in [-0.4, -0.2) is 58.9 Å². The molecule has 0 aliphatic rings. The lowest BCUT2D eigenvalue weighted by Crippen LogP contribution is -2.53. The fourth-order valence-electron chi connectivity index (χ4n) is 1.45. The molecular weight excluding hydrogens is 344 g/mol. The van der Waals surface area contributed by atoms with Gasteiger partial charge in [0.2, 0.25) is 5.91 Å². The second-order valence-electron chi connectivity index (χ2n) is 5.08. The molecule has 1 aromatic heterocycles. The summed E-state index contributed by atoms with van der Waals surface area (Å²) in [6, 6.07) is 3.06. The molecule has 0 aromatic carbocycles. The van der Waals surface area contributed by atoms with Gasteiger partial charge in [0.05, 0.1) is 6.54 Å². The molecule has 2 amide bonds. The second-order valence-corrected chi connectivity index (χ2v) is 5.86. The van der Waals surface area contributed by atoms with E-state index in [4.69, 9.17) is 9.52 Å². The zero-order valence-electron chi connectivity index (χ0n) is 12.2. The van der Waals surface area contributed by atoms with Gasteiger partial charge in [0.15, 0.2) is 10.4 Å². The Bertz CT molecular complexity index is 567. The number of nitrogens with zero attached hydrogens (tertiary/aromatic N) is 2. The molecule has 0 bridgehead atoms. The molecule has 0 aliphatic carbocycles. The lowest BCUT2D eigenvalue weighted by Gasteiger charge is -2.32. The standard InChI is InChI=1S/C13H17BrN2O5/c1-13(2,12(19)20)16(4)10(17)7-15(3)11(18)8-5-6-9(14)21-8/h5-6H,7H2,1-4H3,(H,19,20). The van der Waals surface area contributed by atoms with Gasteiger partial charge in [0.1, 0.15) is 5.54 Å². The van der Waals surface area contributed by atoms with Crippen LogP contribution in [0.15, 0.2) is 21.2 Å². The average molecular weight is 361 g/mol. The molecule has 0 aliphatic heterocycles. The Hall–Kier alpha value is -1.83. The van der Waals surface area contributed by atoms with E-state index in [0.29, 0.717) is 4.67 Å². The van der Waals surface area contributed by atoms with E-state index < -0.39 is 23.3 Å². The van der Waals surface area contributed by atoms with Crippen molar-refractivity contribution in [2.75, 3.05) is 20.6 Å². The molecular formula is C13H17BrN2O5. The molecule has 1 heterocycles. The number of aliphatic carboxylic acids is 1. The number of rotatable bonds is 5. The summed E-state index contributed by atoms with van der Waals surface area (Å²) >= 11 is 3.09. The van der Waals surface area contributed by atoms with Gasteiger partial charge in [-0.1, -0.05) is 0 Å². The van der Waals surface area contributed by atoms with Crippen molar-refractivity contribution in [2.24, 2.45) is 0 Å². The first-order chi connectivity index (χ1) is 9.57. The average Bonchev–Trinajstić information content (AvgIpc) is 2.82. The van der Waals surface area contributed by atoms with Crippen LogP contribution in [0, 0.1) is 0 Å². The molecule has 0 unspecified atom stereocenters. The van der Waals surface area contributed by atoms with E-state index in [2.05, 4.69) is 15.9 Å². The zero-order chi connectivity index (χ0) is 16.4. The van der Waals surface area contributed by atoms with Gasteiger partial charge in [-0.15, -0.1) is 0 Å². The van der Waals surface area contributed by atoms with E-state index in [1.165, 1.54) is 38.9 Å². The fraction of sp³-hybridized carbons (Fsp3) is 0.462. The Morgan fingerprint density at radius 3 is 2.29 bits per heavy atom. The van der Waals surface area contributed by atoms with Gasteiger partial charge >= 0.3 is 5.97 Å². The SMILES string of the molecule is CN(CC(=O)N(C)C(C)(C)C(=O)O)C(=O)c1ccc(Br)o1. The number of halogens is 1. The highest BCUT2D eigenvalue weighted by Crippen LogP contribution is 2.16. The van der Waals surface area contributed by atoms with Crippen LogP contribution in [-0.2, 0) is 9.59 Å². The van der Waals surface area contributed by atoms with Crippen LogP contribution in [0.3, 0.4) is 0 Å². The molecule has 0 atom stereocenters. The van der Waals surface area contributed by atoms with Crippen LogP contribution in [0.2, 0.25) is 0 Å². The van der Waals surface area contributed by atoms with E-state index in [-0.39, 0.29) is 12.3 Å². The highest BCUT2D eigenvalue weighted by molar-refractivity contribution is 9.10. The van der Waals surface area contributed by atoms with E-state index >= 15 is 0 Å². The third-order valence-electron chi connectivity index (χ3n) is 3.24. The minimum atomic E-state index is -1.35. The quantitative estimate of drug-likeness (QED) is 0.857. The van der Waals surface area contributed by atoms with E-state index in [1.807, 2.05) is 0 Å². The largest absolute Gasteiger partial charge is 0.480 e. The number of amides is 2. The number of carbonyl (C=O) groups excluding carboxylic acids is 2. The molecule has 0 saturated carbocycles. The second kappa shape index (κ2) is 6.30. The van der Waals surface area contributed by atoms with Crippen LogP contribution in [0.1, 0.15) is 24.4 Å². The van der Waals surface area contributed by atoms with Crippen molar-refractivity contribution in [1.82, 2.24) is 9.80 Å². The Kier molecular flexibility index (Phi) is 5.16. The fourth-order valence-corrected chi connectivity index (χ4v) is 1.76. The number of hydrogen-bond acceptors (Lipinski definition) is 4. The monoisotopic (exact) mass is 360 g/mol. The normalized spacial score (nSPS) is 11.1. The van der Waals surface area contributed by atoms with Gasteiger partial charge in [-0.05, 0) is 41.9 Å². The van der Waals surface area contributed by atoms with Crippen LogP contribution in [0.4, 0.5) is 0 Å². The molecule has 21 heavy (non-hydrogen) atoms. The van der Waals surface area contributed by atoms with Crippen molar-refractivity contribution in [1.29, 1.82) is 0 Å². The van der Waals surface area contributed by atoms with E-state index in [9.17, 15) is 14.4 Å². The van der Waals surface area contributed by atoms with Gasteiger partial charge in [0.25, 0.3) is 5.91 Å². The Morgan fingerprint density at radius 2 is 1.86 bits per heavy atom. The lowest BCUT2D eigenvalue weighted by molar-refractivity contribution is -0.155. The van der Waals surface area contributed by atoms with Crippen LogP contribution in [0.25, 0.3) is 0 Å². The first-order valence-electron chi connectivity index (χ1n) is 6.08. The molecule has 0 spiro atoms. The lowest BCUT2D eigenvalue weighted by atomic mass is 10.0. The third kappa shape index (κ3) is 3.84. The Morgan fingerprint density at radius 1 is 1.29 bits per heavy atom. The summed E-state index contributed by atoms with van der Waals surface area (Å²) in [6.45, 7) is 2.59. The van der Waals surface area contributed by atoms with Crippen molar-refractivity contribution < 1.29 is 23.9 Å². The van der Waals surface area contributed by atoms with Crippen molar-refractivity contribution in [3.05, 3.63) is 22.6 Å². The summed E-state index contributed by atoms with van der Waals surface area (Å²) in [6.07, 6.45) is 0. The van der Waals surface area contributed by atoms with Crippen LogP contribution >= 0.6 is 15.9 Å². The summed E-state index contributed by atoms with van der Waals surface area (Å²) < 4.78 is 5.53. The van der Waals surface area contributed by atoms with Gasteiger partial charge in [0, 0.05) is 14.1 Å². The van der Waals surface area contributed by atoms with Crippen molar-refractivity contribution in [2.45, 2.75) is 19.4 Å². The maximum atomic E-state index is 12.1. The third-order valence-corrected chi connectivity index (χ3v) is 3.67. The van der Waals surface area contributed by atoms with E-state index in [1.54, 1.807) is 6.07 Å². The topological polar surface area (TPSA) is 91.1 Å². The molecule has 116 valence electrons. The van der Waals surface area contributed by atoms with Gasteiger partial charge in [-0.25, -0.2) is 4.79 Å². The van der Waals surface area contributed by atoms with Gasteiger partial charge < -0.3 is 19.3 Å². The predicted octanol–water partition coefficient (Wildman–Crippen LogP) is 1.44. The smallest absolute Gasteiger partial charge is 0.329 e. The highest BCUT2D eigenvalue weighted by Gasteiger charge is 2.35. The summed E-state index contributed by atoms with van der Waals surface area (Å²) in [7, 11) is 2.83. The summed E-state index contributed by atoms with van der Waals surface area (Å²) in [5, 5.41) is 9.09. The van der Waals surface area contributed by atoms with Crippen LogP contribution in [0.5, 0.6) is 0 Å². The highest BCUT2D eigenvalue weighted by atomic mass is 79.9. The molecule has 0 fully saturated rings. The van der Waals surface area contributed by atoms with E-state index in [0.717, 1.165) is 4.90 Å².